The number of rotatable bonds is 11. The van der Waals surface area contributed by atoms with Crippen LogP contribution in [0.1, 0.15) is 61.9 Å². The summed E-state index contributed by atoms with van der Waals surface area (Å²) >= 11 is 0. The highest BCUT2D eigenvalue weighted by molar-refractivity contribution is 5.91. The van der Waals surface area contributed by atoms with Gasteiger partial charge in [-0.3, -0.25) is 0 Å². The van der Waals surface area contributed by atoms with Gasteiger partial charge in [0, 0.05) is 11.6 Å². The zero-order valence-electron chi connectivity index (χ0n) is 18.6. The topological polar surface area (TPSA) is 61.3 Å². The van der Waals surface area contributed by atoms with Crippen LogP contribution in [0.4, 0.5) is 4.39 Å². The zero-order chi connectivity index (χ0) is 22.8. The molecule has 1 aromatic heterocycles. The lowest BCUT2D eigenvalue weighted by atomic mass is 10.0. The van der Waals surface area contributed by atoms with Crippen molar-refractivity contribution in [1.82, 2.24) is 9.97 Å². The van der Waals surface area contributed by atoms with Crippen molar-refractivity contribution in [1.29, 1.82) is 0 Å². The Kier molecular flexibility index (Phi) is 8.72. The van der Waals surface area contributed by atoms with Gasteiger partial charge in [0.15, 0.2) is 11.6 Å². The molecule has 0 aliphatic rings. The highest BCUT2D eigenvalue weighted by Crippen LogP contribution is 2.21. The molecule has 1 heterocycles. The molecule has 0 saturated carbocycles. The number of carbonyl (C=O) groups is 1. The average molecular weight is 437 g/mol. The van der Waals surface area contributed by atoms with Gasteiger partial charge in [-0.1, -0.05) is 57.4 Å². The maximum atomic E-state index is 14.3. The Morgan fingerprint density at radius 3 is 2.31 bits per heavy atom. The molecule has 0 bridgehead atoms. The predicted molar refractivity (Wildman–Crippen MR) is 122 cm³/mol. The second kappa shape index (κ2) is 11.9. The summed E-state index contributed by atoms with van der Waals surface area (Å²) < 4.78 is 24.9. The molecule has 0 aliphatic carbocycles. The van der Waals surface area contributed by atoms with Crippen molar-refractivity contribution in [3.8, 4) is 22.9 Å². The van der Waals surface area contributed by atoms with E-state index in [9.17, 15) is 9.18 Å². The molecule has 0 spiro atoms. The fourth-order valence-corrected chi connectivity index (χ4v) is 3.23. The summed E-state index contributed by atoms with van der Waals surface area (Å²) in [4.78, 5) is 20.9. The minimum Gasteiger partial charge on any atom is -0.494 e. The Hall–Kier alpha value is -3.28. The molecule has 32 heavy (non-hydrogen) atoms. The number of hydrogen-bond donors (Lipinski definition) is 0. The van der Waals surface area contributed by atoms with Gasteiger partial charge in [-0.25, -0.2) is 19.2 Å². The first-order valence-corrected chi connectivity index (χ1v) is 11.2. The third kappa shape index (κ3) is 6.61. The van der Waals surface area contributed by atoms with Gasteiger partial charge < -0.3 is 9.47 Å². The van der Waals surface area contributed by atoms with Crippen LogP contribution >= 0.6 is 0 Å². The quantitative estimate of drug-likeness (QED) is 0.257. The molecular formula is C26H29FN2O3. The normalized spacial score (nSPS) is 10.7. The van der Waals surface area contributed by atoms with Crippen LogP contribution in [0.5, 0.6) is 11.5 Å². The van der Waals surface area contributed by atoms with Crippen LogP contribution in [0.3, 0.4) is 0 Å². The molecule has 0 atom stereocenters. The molecule has 2 aromatic carbocycles. The first-order valence-electron chi connectivity index (χ1n) is 11.2. The molecule has 0 N–H and O–H groups in total. The number of unbranched alkanes of at least 4 members (excludes halogenated alkanes) is 3. The number of ether oxygens (including phenoxy) is 2. The fourth-order valence-electron chi connectivity index (χ4n) is 3.23. The fraction of sp³-hybridized carbons (Fsp3) is 0.346. The van der Waals surface area contributed by atoms with E-state index >= 15 is 0 Å². The first-order chi connectivity index (χ1) is 15.6. The Morgan fingerprint density at radius 2 is 1.66 bits per heavy atom. The smallest absolute Gasteiger partial charge is 0.346 e. The van der Waals surface area contributed by atoms with Gasteiger partial charge in [0.05, 0.1) is 24.6 Å². The molecule has 168 valence electrons. The molecule has 3 aromatic rings. The van der Waals surface area contributed by atoms with Crippen molar-refractivity contribution in [3.05, 3.63) is 71.8 Å². The van der Waals surface area contributed by atoms with Gasteiger partial charge in [-0.05, 0) is 37.0 Å². The third-order valence-electron chi connectivity index (χ3n) is 5.00. The highest BCUT2D eigenvalue weighted by atomic mass is 19.1. The van der Waals surface area contributed by atoms with Gasteiger partial charge in [-0.2, -0.15) is 0 Å². The van der Waals surface area contributed by atoms with Crippen molar-refractivity contribution >= 4 is 5.97 Å². The van der Waals surface area contributed by atoms with Crippen LogP contribution in [-0.2, 0) is 6.42 Å². The van der Waals surface area contributed by atoms with Crippen LogP contribution in [-0.4, -0.2) is 22.5 Å². The van der Waals surface area contributed by atoms with Crippen molar-refractivity contribution in [2.45, 2.75) is 52.4 Å². The van der Waals surface area contributed by atoms with Gasteiger partial charge in [0.1, 0.15) is 11.6 Å². The summed E-state index contributed by atoms with van der Waals surface area (Å²) in [6, 6.07) is 12.2. The number of aromatic nitrogens is 2. The summed E-state index contributed by atoms with van der Waals surface area (Å²) in [5.74, 6) is -0.451. The molecule has 0 aliphatic heterocycles. The second-order valence-corrected chi connectivity index (χ2v) is 7.63. The van der Waals surface area contributed by atoms with E-state index in [2.05, 4.69) is 29.0 Å². The molecule has 0 fully saturated rings. The molecule has 0 amide bonds. The van der Waals surface area contributed by atoms with Gasteiger partial charge in [0.25, 0.3) is 0 Å². The maximum Gasteiger partial charge on any atom is 0.346 e. The summed E-state index contributed by atoms with van der Waals surface area (Å²) in [5, 5.41) is 0. The van der Waals surface area contributed by atoms with E-state index in [1.54, 1.807) is 6.07 Å². The van der Waals surface area contributed by atoms with Crippen LogP contribution < -0.4 is 9.47 Å². The van der Waals surface area contributed by atoms with Crippen LogP contribution in [0.25, 0.3) is 11.4 Å². The molecule has 5 nitrogen and oxygen atoms in total. The minimum absolute atomic E-state index is 0.150. The van der Waals surface area contributed by atoms with Gasteiger partial charge >= 0.3 is 5.97 Å². The van der Waals surface area contributed by atoms with Crippen molar-refractivity contribution < 1.29 is 18.7 Å². The third-order valence-corrected chi connectivity index (χ3v) is 5.00. The number of nitrogens with zero attached hydrogens (tertiary/aromatic N) is 2. The molecular weight excluding hydrogens is 407 g/mol. The highest BCUT2D eigenvalue weighted by Gasteiger charge is 2.16. The van der Waals surface area contributed by atoms with Gasteiger partial charge in [-0.15, -0.1) is 0 Å². The largest absolute Gasteiger partial charge is 0.494 e. The average Bonchev–Trinajstić information content (AvgIpc) is 2.81. The van der Waals surface area contributed by atoms with Gasteiger partial charge in [0.2, 0.25) is 0 Å². The lowest BCUT2D eigenvalue weighted by Crippen LogP contribution is -2.11. The Bertz CT molecular complexity index is 1000. The number of hydrogen-bond acceptors (Lipinski definition) is 5. The van der Waals surface area contributed by atoms with Crippen molar-refractivity contribution in [2.24, 2.45) is 0 Å². The summed E-state index contributed by atoms with van der Waals surface area (Å²) in [6.45, 7) is 4.65. The first kappa shape index (κ1) is 23.4. The maximum absolute atomic E-state index is 14.3. The monoisotopic (exact) mass is 436 g/mol. The van der Waals surface area contributed by atoms with Crippen LogP contribution in [0, 0.1) is 5.82 Å². The minimum atomic E-state index is -0.812. The van der Waals surface area contributed by atoms with E-state index in [0.29, 0.717) is 18.2 Å². The zero-order valence-corrected chi connectivity index (χ0v) is 18.6. The van der Waals surface area contributed by atoms with Crippen LogP contribution in [0.2, 0.25) is 0 Å². The summed E-state index contributed by atoms with van der Waals surface area (Å²) in [7, 11) is 0. The Balaban J connectivity index is 1.59. The molecule has 3 rings (SSSR count). The number of benzene rings is 2. The molecule has 0 saturated heterocycles. The second-order valence-electron chi connectivity index (χ2n) is 7.63. The molecule has 6 heteroatoms. The Labute approximate surface area is 188 Å². The molecule has 0 radical (unpaired) electrons. The van der Waals surface area contributed by atoms with Crippen LogP contribution in [0.15, 0.2) is 54.9 Å². The van der Waals surface area contributed by atoms with Crippen molar-refractivity contribution in [2.75, 3.05) is 6.61 Å². The van der Waals surface area contributed by atoms with E-state index < -0.39 is 11.8 Å². The lowest BCUT2D eigenvalue weighted by Gasteiger charge is -2.08. The number of esters is 1. The number of carbonyl (C=O) groups excluding carboxylic acids is 1. The number of aryl methyl sites for hydroxylation is 1. The SMILES string of the molecule is CCCCCCc1ccc(-c2ncc(OC(=O)c3ccc(OCCC)cc3F)cn2)cc1. The molecule has 0 unspecified atom stereocenters. The standard InChI is InChI=1S/C26H29FN2O3/c1-3-5-6-7-8-19-9-11-20(12-10-19)25-28-17-22(18-29-25)32-26(30)23-14-13-21(16-24(23)27)31-15-4-2/h9-14,16-18H,3-8,15H2,1-2H3. The van der Waals surface area contributed by atoms with E-state index in [4.69, 9.17) is 9.47 Å². The van der Waals surface area contributed by atoms with E-state index in [1.165, 1.54) is 55.8 Å². The number of halogens is 1. The summed E-state index contributed by atoms with van der Waals surface area (Å²) in [5.41, 5.74) is 2.00. The van der Waals surface area contributed by atoms with Crippen molar-refractivity contribution in [3.63, 3.8) is 0 Å². The lowest BCUT2D eigenvalue weighted by molar-refractivity contribution is 0.0728. The Morgan fingerprint density at radius 1 is 0.906 bits per heavy atom. The van der Waals surface area contributed by atoms with E-state index in [0.717, 1.165) is 18.4 Å². The summed E-state index contributed by atoms with van der Waals surface area (Å²) in [6.07, 6.45) is 9.65. The van der Waals surface area contributed by atoms with E-state index in [-0.39, 0.29) is 11.3 Å². The predicted octanol–water partition coefficient (Wildman–Crippen LogP) is 6.41. The van der Waals surface area contributed by atoms with E-state index in [1.807, 2.05) is 19.1 Å².